The molecule has 0 aromatic carbocycles. The SMILES string of the molecule is CCCc1n[nH]c(=S)n1CC(=O)N1C[C@H]2CCC[C@H]2C1. The lowest BCUT2D eigenvalue weighted by Crippen LogP contribution is -2.33. The minimum atomic E-state index is 0.189. The van der Waals surface area contributed by atoms with Gasteiger partial charge in [0, 0.05) is 19.5 Å². The maximum atomic E-state index is 12.5. The first-order valence-corrected chi connectivity index (χ1v) is 8.01. The van der Waals surface area contributed by atoms with Crippen LogP contribution in [-0.4, -0.2) is 38.7 Å². The van der Waals surface area contributed by atoms with Crippen LogP contribution in [0.1, 0.15) is 38.4 Å². The average Bonchev–Trinajstić information content (AvgIpc) is 3.08. The minimum absolute atomic E-state index is 0.189. The van der Waals surface area contributed by atoms with Gasteiger partial charge in [0.1, 0.15) is 12.4 Å². The first-order chi connectivity index (χ1) is 9.69. The van der Waals surface area contributed by atoms with E-state index in [1.54, 1.807) is 0 Å². The Bertz CT molecular complexity index is 538. The molecule has 2 fully saturated rings. The number of amides is 1. The highest BCUT2D eigenvalue weighted by Gasteiger charge is 2.37. The van der Waals surface area contributed by atoms with Gasteiger partial charge in [-0.1, -0.05) is 13.3 Å². The van der Waals surface area contributed by atoms with Crippen molar-refractivity contribution in [1.82, 2.24) is 19.7 Å². The molecule has 6 heteroatoms. The molecule has 1 N–H and O–H groups in total. The van der Waals surface area contributed by atoms with Gasteiger partial charge in [0.25, 0.3) is 0 Å². The molecule has 20 heavy (non-hydrogen) atoms. The number of nitrogens with one attached hydrogen (secondary N) is 1. The van der Waals surface area contributed by atoms with Gasteiger partial charge in [0.05, 0.1) is 0 Å². The van der Waals surface area contributed by atoms with Crippen LogP contribution in [-0.2, 0) is 17.8 Å². The Kier molecular flexibility index (Phi) is 3.92. The molecule has 1 aliphatic heterocycles. The zero-order valence-corrected chi connectivity index (χ0v) is 12.8. The second-order valence-electron chi connectivity index (χ2n) is 6.03. The third-order valence-electron chi connectivity index (χ3n) is 4.68. The Hall–Kier alpha value is -1.17. The second kappa shape index (κ2) is 5.68. The average molecular weight is 294 g/mol. The maximum absolute atomic E-state index is 12.5. The van der Waals surface area contributed by atoms with Crippen molar-refractivity contribution >= 4 is 18.1 Å². The number of likely N-dealkylation sites (tertiary alicyclic amines) is 1. The molecule has 0 radical (unpaired) electrons. The number of aryl methyl sites for hydroxylation is 1. The molecule has 1 aromatic rings. The van der Waals surface area contributed by atoms with E-state index in [1.807, 2.05) is 9.47 Å². The van der Waals surface area contributed by atoms with Crippen LogP contribution in [0.4, 0.5) is 0 Å². The van der Waals surface area contributed by atoms with E-state index in [0.717, 1.165) is 43.6 Å². The van der Waals surface area contributed by atoms with E-state index in [1.165, 1.54) is 19.3 Å². The van der Waals surface area contributed by atoms with Gasteiger partial charge in [-0.15, -0.1) is 0 Å². The van der Waals surface area contributed by atoms with Gasteiger partial charge in [0.15, 0.2) is 4.77 Å². The summed E-state index contributed by atoms with van der Waals surface area (Å²) in [4.78, 5) is 14.5. The van der Waals surface area contributed by atoms with Crippen LogP contribution in [0.5, 0.6) is 0 Å². The number of hydrogen-bond acceptors (Lipinski definition) is 3. The largest absolute Gasteiger partial charge is 0.341 e. The van der Waals surface area contributed by atoms with E-state index in [0.29, 0.717) is 11.3 Å². The zero-order valence-electron chi connectivity index (χ0n) is 12.0. The lowest BCUT2D eigenvalue weighted by Gasteiger charge is -2.18. The summed E-state index contributed by atoms with van der Waals surface area (Å²) >= 11 is 5.23. The molecular formula is C14H22N4OS. The van der Waals surface area contributed by atoms with Crippen molar-refractivity contribution in [3.8, 4) is 0 Å². The number of nitrogens with zero attached hydrogens (tertiary/aromatic N) is 3. The minimum Gasteiger partial charge on any atom is -0.341 e. The highest BCUT2D eigenvalue weighted by Crippen LogP contribution is 2.37. The van der Waals surface area contributed by atoms with Gasteiger partial charge in [-0.3, -0.25) is 14.5 Å². The van der Waals surface area contributed by atoms with Gasteiger partial charge in [-0.2, -0.15) is 5.10 Å². The molecule has 1 saturated carbocycles. The van der Waals surface area contributed by atoms with Gasteiger partial charge < -0.3 is 4.90 Å². The fourth-order valence-corrected chi connectivity index (χ4v) is 3.82. The van der Waals surface area contributed by atoms with Crippen LogP contribution < -0.4 is 0 Å². The molecule has 1 aromatic heterocycles. The number of H-pyrrole nitrogens is 1. The van der Waals surface area contributed by atoms with Gasteiger partial charge >= 0.3 is 0 Å². The molecule has 1 saturated heterocycles. The van der Waals surface area contributed by atoms with Crippen molar-refractivity contribution in [2.75, 3.05) is 13.1 Å². The Morgan fingerprint density at radius 2 is 2.10 bits per heavy atom. The van der Waals surface area contributed by atoms with E-state index in [4.69, 9.17) is 12.2 Å². The number of aromatic amines is 1. The molecule has 2 aliphatic rings. The molecule has 2 heterocycles. The lowest BCUT2D eigenvalue weighted by atomic mass is 10.0. The molecule has 2 atom stereocenters. The van der Waals surface area contributed by atoms with Gasteiger partial charge in [-0.05, 0) is 43.3 Å². The smallest absolute Gasteiger partial charge is 0.242 e. The summed E-state index contributed by atoms with van der Waals surface area (Å²) in [5.74, 6) is 2.57. The van der Waals surface area contributed by atoms with Crippen LogP contribution in [0.15, 0.2) is 0 Å². The summed E-state index contributed by atoms with van der Waals surface area (Å²) in [6.07, 6.45) is 5.78. The molecule has 0 bridgehead atoms. The summed E-state index contributed by atoms with van der Waals surface area (Å²) in [5.41, 5.74) is 0. The topological polar surface area (TPSA) is 53.9 Å². The number of carbonyl (C=O) groups excluding carboxylic acids is 1. The quantitative estimate of drug-likeness (QED) is 0.866. The van der Waals surface area contributed by atoms with Crippen molar-refractivity contribution < 1.29 is 4.79 Å². The fraction of sp³-hybridized carbons (Fsp3) is 0.786. The number of carbonyl (C=O) groups is 1. The Morgan fingerprint density at radius 1 is 1.40 bits per heavy atom. The summed E-state index contributed by atoms with van der Waals surface area (Å²) in [6, 6.07) is 0. The van der Waals surface area contributed by atoms with E-state index < -0.39 is 0 Å². The molecule has 0 unspecified atom stereocenters. The number of rotatable bonds is 4. The Morgan fingerprint density at radius 3 is 2.75 bits per heavy atom. The van der Waals surface area contributed by atoms with Crippen molar-refractivity contribution in [2.45, 2.75) is 45.6 Å². The number of aromatic nitrogens is 3. The molecular weight excluding hydrogens is 272 g/mol. The van der Waals surface area contributed by atoms with Crippen LogP contribution in [0, 0.1) is 16.6 Å². The number of hydrogen-bond donors (Lipinski definition) is 1. The van der Waals surface area contributed by atoms with Crippen molar-refractivity contribution in [2.24, 2.45) is 11.8 Å². The third-order valence-corrected chi connectivity index (χ3v) is 4.99. The molecule has 110 valence electrons. The first kappa shape index (κ1) is 13.8. The number of fused-ring (bicyclic) bond motifs is 1. The summed E-state index contributed by atoms with van der Waals surface area (Å²) in [6.45, 7) is 4.32. The van der Waals surface area contributed by atoms with Crippen LogP contribution in [0.3, 0.4) is 0 Å². The van der Waals surface area contributed by atoms with Crippen LogP contribution in [0.25, 0.3) is 0 Å². The third kappa shape index (κ3) is 2.53. The van der Waals surface area contributed by atoms with E-state index >= 15 is 0 Å². The van der Waals surface area contributed by atoms with Crippen molar-refractivity contribution in [1.29, 1.82) is 0 Å². The van der Waals surface area contributed by atoms with E-state index in [9.17, 15) is 4.79 Å². The Balaban J connectivity index is 1.67. The molecule has 5 nitrogen and oxygen atoms in total. The summed E-state index contributed by atoms with van der Waals surface area (Å²) in [5, 5.41) is 7.02. The van der Waals surface area contributed by atoms with Gasteiger partial charge in [-0.25, -0.2) is 0 Å². The van der Waals surface area contributed by atoms with Gasteiger partial charge in [0.2, 0.25) is 5.91 Å². The van der Waals surface area contributed by atoms with Crippen LogP contribution >= 0.6 is 12.2 Å². The first-order valence-electron chi connectivity index (χ1n) is 7.61. The molecule has 3 rings (SSSR count). The second-order valence-corrected chi connectivity index (χ2v) is 6.42. The standard InChI is InChI=1S/C14H22N4OS/c1-2-4-12-15-16-14(20)18(12)9-13(19)17-7-10-5-3-6-11(10)8-17/h10-11H,2-9H2,1H3,(H,16,20)/t10-,11+. The fourth-order valence-electron chi connectivity index (χ4n) is 3.60. The molecule has 0 spiro atoms. The normalized spacial score (nSPS) is 25.1. The molecule has 1 amide bonds. The zero-order chi connectivity index (χ0) is 14.1. The predicted molar refractivity (Wildman–Crippen MR) is 78.8 cm³/mol. The van der Waals surface area contributed by atoms with E-state index in [-0.39, 0.29) is 5.91 Å². The summed E-state index contributed by atoms with van der Waals surface area (Å²) < 4.78 is 2.41. The Labute approximate surface area is 124 Å². The molecule has 1 aliphatic carbocycles. The van der Waals surface area contributed by atoms with Crippen molar-refractivity contribution in [3.05, 3.63) is 10.6 Å². The lowest BCUT2D eigenvalue weighted by molar-refractivity contribution is -0.131. The highest BCUT2D eigenvalue weighted by molar-refractivity contribution is 7.71. The van der Waals surface area contributed by atoms with Crippen molar-refractivity contribution in [3.63, 3.8) is 0 Å². The van der Waals surface area contributed by atoms with E-state index in [2.05, 4.69) is 17.1 Å². The summed E-state index contributed by atoms with van der Waals surface area (Å²) in [7, 11) is 0. The predicted octanol–water partition coefficient (Wildman–Crippen LogP) is 2.15. The maximum Gasteiger partial charge on any atom is 0.242 e. The highest BCUT2D eigenvalue weighted by atomic mass is 32.1. The monoisotopic (exact) mass is 294 g/mol. The van der Waals surface area contributed by atoms with Crippen LogP contribution in [0.2, 0.25) is 0 Å².